The Bertz CT molecular complexity index is 1070. The van der Waals surface area contributed by atoms with Crippen molar-refractivity contribution in [3.05, 3.63) is 52.9 Å². The Kier molecular flexibility index (Phi) is 6.25. The lowest BCUT2D eigenvalue weighted by Crippen LogP contribution is -2.45. The molecule has 30 heavy (non-hydrogen) atoms. The first-order chi connectivity index (χ1) is 13.9. The van der Waals surface area contributed by atoms with Crippen LogP contribution in [0.3, 0.4) is 0 Å². The molecule has 0 bridgehead atoms. The Morgan fingerprint density at radius 3 is 2.40 bits per heavy atom. The zero-order valence-electron chi connectivity index (χ0n) is 15.4. The van der Waals surface area contributed by atoms with Gasteiger partial charge in [-0.1, -0.05) is 0 Å². The smallest absolute Gasteiger partial charge is 0.343 e. The van der Waals surface area contributed by atoms with Crippen molar-refractivity contribution >= 4 is 23.3 Å². The number of nitrogens with zero attached hydrogens (tertiary/aromatic N) is 2. The molecule has 1 aromatic carbocycles. The second-order valence-electron chi connectivity index (χ2n) is 6.14. The molecular weight excluding hydrogens is 415 g/mol. The number of aryl methyl sites for hydroxylation is 1. The predicted molar refractivity (Wildman–Crippen MR) is 92.4 cm³/mol. The topological polar surface area (TPSA) is 104 Å². The predicted octanol–water partition coefficient (Wildman–Crippen LogP) is 2.68. The highest BCUT2D eigenvalue weighted by Crippen LogP contribution is 2.21. The number of aromatic nitrogens is 1. The van der Waals surface area contributed by atoms with Gasteiger partial charge in [0.1, 0.15) is 23.6 Å². The van der Waals surface area contributed by atoms with E-state index in [4.69, 9.17) is 5.26 Å². The molecule has 2 amide bonds. The zero-order valence-corrected chi connectivity index (χ0v) is 15.4. The number of carbonyl (C=O) groups excluding carboxylic acids is 3. The van der Waals surface area contributed by atoms with Crippen LogP contribution in [-0.4, -0.2) is 34.4 Å². The maximum absolute atomic E-state index is 14.6. The molecule has 0 saturated carbocycles. The molecule has 0 unspecified atom stereocenters. The first kappa shape index (κ1) is 22.5. The molecule has 1 heterocycles. The molecule has 2 rings (SSSR count). The number of nitriles is 1. The van der Waals surface area contributed by atoms with Crippen LogP contribution in [0.5, 0.6) is 0 Å². The van der Waals surface area contributed by atoms with E-state index in [9.17, 15) is 36.3 Å². The SMILES string of the molecule is C[C@@H](NC(=O)C(=O)c1cn(C)c(C(=O)Nc2ccc(F)c(C#N)c2)c1F)C(F)(F)F. The van der Waals surface area contributed by atoms with Gasteiger partial charge in [-0.25, -0.2) is 8.78 Å². The van der Waals surface area contributed by atoms with Gasteiger partial charge >= 0.3 is 6.18 Å². The minimum Gasteiger partial charge on any atom is -0.343 e. The van der Waals surface area contributed by atoms with E-state index < -0.39 is 52.7 Å². The molecule has 2 N–H and O–H groups in total. The van der Waals surface area contributed by atoms with Crippen molar-refractivity contribution in [3.63, 3.8) is 0 Å². The van der Waals surface area contributed by atoms with Crippen molar-refractivity contribution in [1.82, 2.24) is 9.88 Å². The third-order valence-electron chi connectivity index (χ3n) is 3.97. The number of hydrogen-bond donors (Lipinski definition) is 2. The second-order valence-corrected chi connectivity index (χ2v) is 6.14. The van der Waals surface area contributed by atoms with E-state index in [1.165, 1.54) is 5.32 Å². The zero-order chi connectivity index (χ0) is 22.8. The van der Waals surface area contributed by atoms with Gasteiger partial charge in [0.15, 0.2) is 5.82 Å². The number of nitrogens with one attached hydrogen (secondary N) is 2. The number of halogens is 5. The number of Topliss-reactive ketones (excluding diaryl/α,β-unsaturated/α-hetero) is 1. The van der Waals surface area contributed by atoms with Crippen molar-refractivity contribution in [3.8, 4) is 6.07 Å². The number of anilines is 1. The number of ketones is 1. The summed E-state index contributed by atoms with van der Waals surface area (Å²) < 4.78 is 66.4. The summed E-state index contributed by atoms with van der Waals surface area (Å²) in [5.41, 5.74) is -2.06. The van der Waals surface area contributed by atoms with Gasteiger partial charge < -0.3 is 15.2 Å². The van der Waals surface area contributed by atoms with Crippen LogP contribution >= 0.6 is 0 Å². The molecule has 0 radical (unpaired) electrons. The maximum Gasteiger partial charge on any atom is 0.408 e. The number of hydrogen-bond acceptors (Lipinski definition) is 4. The Balaban J connectivity index is 2.26. The first-order valence-electron chi connectivity index (χ1n) is 8.14. The summed E-state index contributed by atoms with van der Waals surface area (Å²) in [4.78, 5) is 36.1. The van der Waals surface area contributed by atoms with Crippen molar-refractivity contribution in [1.29, 1.82) is 5.26 Å². The van der Waals surface area contributed by atoms with E-state index >= 15 is 0 Å². The number of benzene rings is 1. The van der Waals surface area contributed by atoms with Crippen LogP contribution in [0, 0.1) is 23.0 Å². The third kappa shape index (κ3) is 4.62. The Morgan fingerprint density at radius 2 is 1.83 bits per heavy atom. The molecule has 1 aromatic heterocycles. The van der Waals surface area contributed by atoms with Gasteiger partial charge in [-0.3, -0.25) is 14.4 Å². The summed E-state index contributed by atoms with van der Waals surface area (Å²) in [6.07, 6.45) is -4.04. The van der Waals surface area contributed by atoms with Crippen LogP contribution < -0.4 is 10.6 Å². The van der Waals surface area contributed by atoms with Crippen LogP contribution in [0.1, 0.15) is 33.3 Å². The molecule has 0 fully saturated rings. The summed E-state index contributed by atoms with van der Waals surface area (Å²) in [5.74, 6) is -6.68. The highest BCUT2D eigenvalue weighted by molar-refractivity contribution is 6.43. The average Bonchev–Trinajstić information content (AvgIpc) is 2.95. The second kappa shape index (κ2) is 8.32. The van der Waals surface area contributed by atoms with E-state index in [0.717, 1.165) is 36.0 Å². The molecule has 0 aliphatic rings. The van der Waals surface area contributed by atoms with E-state index in [1.54, 1.807) is 6.07 Å². The fourth-order valence-corrected chi connectivity index (χ4v) is 2.36. The van der Waals surface area contributed by atoms with Gasteiger partial charge in [-0.05, 0) is 25.1 Å². The van der Waals surface area contributed by atoms with Crippen LogP contribution in [0.4, 0.5) is 27.6 Å². The lowest BCUT2D eigenvalue weighted by molar-refractivity contribution is -0.156. The molecule has 158 valence electrons. The molecule has 0 saturated heterocycles. The number of alkyl halides is 3. The number of amides is 2. The molecule has 7 nitrogen and oxygen atoms in total. The van der Waals surface area contributed by atoms with Gasteiger partial charge in [-0.2, -0.15) is 18.4 Å². The lowest BCUT2D eigenvalue weighted by atomic mass is 10.1. The fourth-order valence-electron chi connectivity index (χ4n) is 2.36. The molecule has 2 aromatic rings. The van der Waals surface area contributed by atoms with E-state index in [2.05, 4.69) is 5.32 Å². The van der Waals surface area contributed by atoms with Crippen molar-refractivity contribution in [2.45, 2.75) is 19.1 Å². The van der Waals surface area contributed by atoms with Gasteiger partial charge in [0, 0.05) is 18.9 Å². The minimum absolute atomic E-state index is 0.0526. The van der Waals surface area contributed by atoms with Crippen molar-refractivity contribution in [2.24, 2.45) is 7.05 Å². The standard InChI is InChI=1S/C18H13F5N4O3/c1-8(18(21,22)23)25-17(30)15(28)11-7-27(2)14(13(11)20)16(29)26-10-3-4-12(19)9(5-10)6-24/h3-5,7-8H,1-2H3,(H,25,30)(H,26,29)/t8-/m1/s1. The molecule has 1 atom stereocenters. The molecular formula is C18H13F5N4O3. The fraction of sp³-hybridized carbons (Fsp3) is 0.222. The summed E-state index contributed by atoms with van der Waals surface area (Å²) in [5, 5.41) is 12.4. The highest BCUT2D eigenvalue weighted by Gasteiger charge is 2.39. The molecule has 0 spiro atoms. The average molecular weight is 428 g/mol. The number of rotatable bonds is 5. The van der Waals surface area contributed by atoms with Crippen LogP contribution in [0.2, 0.25) is 0 Å². The highest BCUT2D eigenvalue weighted by atomic mass is 19.4. The summed E-state index contributed by atoms with van der Waals surface area (Å²) in [6.45, 7) is 0.601. The van der Waals surface area contributed by atoms with Crippen molar-refractivity contribution < 1.29 is 36.3 Å². The van der Waals surface area contributed by atoms with Gasteiger partial charge in [0.05, 0.1) is 11.1 Å². The van der Waals surface area contributed by atoms with Gasteiger partial charge in [0.2, 0.25) is 0 Å². The van der Waals surface area contributed by atoms with Crippen LogP contribution in [0.15, 0.2) is 24.4 Å². The van der Waals surface area contributed by atoms with Crippen LogP contribution in [-0.2, 0) is 11.8 Å². The summed E-state index contributed by atoms with van der Waals surface area (Å²) in [6, 6.07) is 2.20. The lowest BCUT2D eigenvalue weighted by Gasteiger charge is -2.16. The Labute approximate surface area is 166 Å². The largest absolute Gasteiger partial charge is 0.408 e. The summed E-state index contributed by atoms with van der Waals surface area (Å²) >= 11 is 0. The third-order valence-corrected chi connectivity index (χ3v) is 3.97. The molecule has 0 aliphatic heterocycles. The monoisotopic (exact) mass is 428 g/mol. The van der Waals surface area contributed by atoms with Gasteiger partial charge in [-0.15, -0.1) is 0 Å². The van der Waals surface area contributed by atoms with Crippen LogP contribution in [0.25, 0.3) is 0 Å². The quantitative estimate of drug-likeness (QED) is 0.434. The summed E-state index contributed by atoms with van der Waals surface area (Å²) in [7, 11) is 1.16. The maximum atomic E-state index is 14.6. The normalized spacial score (nSPS) is 12.1. The molecule has 0 aliphatic carbocycles. The van der Waals surface area contributed by atoms with E-state index in [-0.39, 0.29) is 11.3 Å². The van der Waals surface area contributed by atoms with Gasteiger partial charge in [0.25, 0.3) is 17.6 Å². The van der Waals surface area contributed by atoms with Crippen molar-refractivity contribution in [2.75, 3.05) is 5.32 Å². The number of carbonyl (C=O) groups is 3. The first-order valence-corrected chi connectivity index (χ1v) is 8.14. The Morgan fingerprint density at radius 1 is 1.20 bits per heavy atom. The minimum atomic E-state index is -4.81. The van der Waals surface area contributed by atoms with E-state index in [0.29, 0.717) is 6.92 Å². The molecule has 12 heteroatoms. The van der Waals surface area contributed by atoms with E-state index in [1.807, 2.05) is 0 Å². The Hall–Kier alpha value is -3.75.